The second-order valence-electron chi connectivity index (χ2n) is 3.76. The van der Waals surface area contributed by atoms with Crippen LogP contribution < -0.4 is 0 Å². The second kappa shape index (κ2) is 3.86. The number of hydrogen-bond donors (Lipinski definition) is 1. The molecule has 0 radical (unpaired) electrons. The van der Waals surface area contributed by atoms with Crippen LogP contribution in [0.3, 0.4) is 0 Å². The molecule has 0 amide bonds. The van der Waals surface area contributed by atoms with Crippen LogP contribution in [0.2, 0.25) is 5.02 Å². The van der Waals surface area contributed by atoms with Crippen molar-refractivity contribution in [3.05, 3.63) is 53.3 Å². The van der Waals surface area contributed by atoms with Crippen LogP contribution in [-0.4, -0.2) is 9.97 Å². The van der Waals surface area contributed by atoms with Gasteiger partial charge in [0.1, 0.15) is 11.6 Å². The smallest absolute Gasteiger partial charge is 0.138 e. The maximum absolute atomic E-state index is 13.0. The van der Waals surface area contributed by atoms with Crippen molar-refractivity contribution in [2.75, 3.05) is 0 Å². The van der Waals surface area contributed by atoms with E-state index in [9.17, 15) is 4.39 Å². The lowest BCUT2D eigenvalue weighted by Crippen LogP contribution is -1.79. The Balaban J connectivity index is 2.18. The maximum atomic E-state index is 13.0. The Kier molecular flexibility index (Phi) is 2.34. The molecule has 0 saturated heterocycles. The molecular weight excluding hydrogens is 239 g/mol. The Hall–Kier alpha value is -1.87. The van der Waals surface area contributed by atoms with Crippen molar-refractivity contribution in [2.45, 2.75) is 0 Å². The van der Waals surface area contributed by atoms with Gasteiger partial charge >= 0.3 is 0 Å². The Morgan fingerprint density at radius 1 is 1.12 bits per heavy atom. The number of rotatable bonds is 1. The predicted molar refractivity (Wildman–Crippen MR) is 66.5 cm³/mol. The van der Waals surface area contributed by atoms with Crippen molar-refractivity contribution in [3.63, 3.8) is 0 Å². The van der Waals surface area contributed by atoms with Gasteiger partial charge in [-0.25, -0.2) is 9.37 Å². The lowest BCUT2D eigenvalue weighted by atomic mass is 10.2. The zero-order chi connectivity index (χ0) is 11.8. The first-order valence-corrected chi connectivity index (χ1v) is 5.51. The Bertz CT molecular complexity index is 691. The summed E-state index contributed by atoms with van der Waals surface area (Å²) in [7, 11) is 0. The summed E-state index contributed by atoms with van der Waals surface area (Å²) in [5, 5.41) is 0.647. The summed E-state index contributed by atoms with van der Waals surface area (Å²) < 4.78 is 13.0. The van der Waals surface area contributed by atoms with Gasteiger partial charge in [-0.15, -0.1) is 0 Å². The SMILES string of the molecule is Fc1ccc2nc(-c3cccc(Cl)c3)[nH]c2c1. The molecule has 0 saturated carbocycles. The summed E-state index contributed by atoms with van der Waals surface area (Å²) in [6.45, 7) is 0. The van der Waals surface area contributed by atoms with Gasteiger partial charge in [-0.1, -0.05) is 23.7 Å². The molecule has 4 heteroatoms. The van der Waals surface area contributed by atoms with E-state index in [-0.39, 0.29) is 5.82 Å². The topological polar surface area (TPSA) is 28.7 Å². The fraction of sp³-hybridized carbons (Fsp3) is 0. The quantitative estimate of drug-likeness (QED) is 0.690. The van der Waals surface area contributed by atoms with E-state index < -0.39 is 0 Å². The van der Waals surface area contributed by atoms with Crippen LogP contribution in [-0.2, 0) is 0 Å². The van der Waals surface area contributed by atoms with E-state index in [4.69, 9.17) is 11.6 Å². The Morgan fingerprint density at radius 3 is 2.82 bits per heavy atom. The molecule has 17 heavy (non-hydrogen) atoms. The third-order valence-corrected chi connectivity index (χ3v) is 2.78. The zero-order valence-corrected chi connectivity index (χ0v) is 9.50. The van der Waals surface area contributed by atoms with Gasteiger partial charge in [0.25, 0.3) is 0 Å². The summed E-state index contributed by atoms with van der Waals surface area (Å²) in [6.07, 6.45) is 0. The van der Waals surface area contributed by atoms with E-state index in [1.54, 1.807) is 12.1 Å². The monoisotopic (exact) mass is 246 g/mol. The number of nitrogens with one attached hydrogen (secondary N) is 1. The van der Waals surface area contributed by atoms with Crippen molar-refractivity contribution in [2.24, 2.45) is 0 Å². The van der Waals surface area contributed by atoms with E-state index in [1.165, 1.54) is 12.1 Å². The minimum Gasteiger partial charge on any atom is -0.338 e. The minimum atomic E-state index is -0.279. The molecule has 2 nitrogen and oxygen atoms in total. The molecular formula is C13H8ClFN2. The van der Waals surface area contributed by atoms with Gasteiger partial charge in [0, 0.05) is 10.6 Å². The number of imidazole rings is 1. The summed E-state index contributed by atoms with van der Waals surface area (Å²) in [5.74, 6) is 0.409. The van der Waals surface area contributed by atoms with Crippen LogP contribution in [0.25, 0.3) is 22.4 Å². The molecule has 3 aromatic rings. The number of aromatic amines is 1. The van der Waals surface area contributed by atoms with Crippen molar-refractivity contribution in [1.82, 2.24) is 9.97 Å². The van der Waals surface area contributed by atoms with Crippen molar-refractivity contribution in [3.8, 4) is 11.4 Å². The number of nitrogens with zero attached hydrogens (tertiary/aromatic N) is 1. The average molecular weight is 247 g/mol. The Morgan fingerprint density at radius 2 is 2.00 bits per heavy atom. The predicted octanol–water partition coefficient (Wildman–Crippen LogP) is 4.02. The van der Waals surface area contributed by atoms with Gasteiger partial charge in [-0.2, -0.15) is 0 Å². The molecule has 0 aliphatic rings. The number of fused-ring (bicyclic) bond motifs is 1. The van der Waals surface area contributed by atoms with E-state index in [0.717, 1.165) is 11.1 Å². The van der Waals surface area contributed by atoms with Gasteiger partial charge in [-0.05, 0) is 30.3 Å². The molecule has 3 rings (SSSR count). The van der Waals surface area contributed by atoms with Crippen LogP contribution in [0.1, 0.15) is 0 Å². The summed E-state index contributed by atoms with van der Waals surface area (Å²) in [6, 6.07) is 11.8. The highest BCUT2D eigenvalue weighted by molar-refractivity contribution is 6.30. The normalized spacial score (nSPS) is 10.9. The molecule has 0 spiro atoms. The number of hydrogen-bond acceptors (Lipinski definition) is 1. The van der Waals surface area contributed by atoms with Crippen molar-refractivity contribution in [1.29, 1.82) is 0 Å². The van der Waals surface area contributed by atoms with E-state index in [1.807, 2.05) is 18.2 Å². The summed E-state index contributed by atoms with van der Waals surface area (Å²) in [5.41, 5.74) is 2.30. The van der Waals surface area contributed by atoms with Crippen molar-refractivity contribution < 1.29 is 4.39 Å². The molecule has 0 fully saturated rings. The van der Waals surface area contributed by atoms with Crippen LogP contribution in [0.5, 0.6) is 0 Å². The van der Waals surface area contributed by atoms with Crippen LogP contribution in [0, 0.1) is 5.82 Å². The minimum absolute atomic E-state index is 0.279. The molecule has 1 heterocycles. The first kappa shape index (κ1) is 10.3. The molecule has 1 N–H and O–H groups in total. The van der Waals surface area contributed by atoms with E-state index >= 15 is 0 Å². The summed E-state index contributed by atoms with van der Waals surface area (Å²) in [4.78, 5) is 7.45. The highest BCUT2D eigenvalue weighted by Crippen LogP contribution is 2.23. The fourth-order valence-electron chi connectivity index (χ4n) is 1.75. The molecule has 0 unspecified atom stereocenters. The fourth-order valence-corrected chi connectivity index (χ4v) is 1.94. The van der Waals surface area contributed by atoms with Gasteiger partial charge in [0.05, 0.1) is 11.0 Å². The standard InChI is InChI=1S/C13H8ClFN2/c14-9-3-1-2-8(6-9)13-16-11-5-4-10(15)7-12(11)17-13/h1-7H,(H,16,17). The maximum Gasteiger partial charge on any atom is 0.138 e. The van der Waals surface area contributed by atoms with Gasteiger partial charge in [0.15, 0.2) is 0 Å². The molecule has 1 aromatic heterocycles. The second-order valence-corrected chi connectivity index (χ2v) is 4.19. The number of aromatic nitrogens is 2. The lowest BCUT2D eigenvalue weighted by Gasteiger charge is -1.96. The van der Waals surface area contributed by atoms with Crippen LogP contribution in [0.4, 0.5) is 4.39 Å². The number of halogens is 2. The van der Waals surface area contributed by atoms with Crippen molar-refractivity contribution >= 4 is 22.6 Å². The lowest BCUT2D eigenvalue weighted by molar-refractivity contribution is 0.629. The largest absolute Gasteiger partial charge is 0.338 e. The summed E-state index contributed by atoms with van der Waals surface area (Å²) >= 11 is 5.92. The average Bonchev–Trinajstić information content (AvgIpc) is 2.72. The molecule has 2 aromatic carbocycles. The molecule has 0 bridgehead atoms. The highest BCUT2D eigenvalue weighted by Gasteiger charge is 2.06. The number of H-pyrrole nitrogens is 1. The molecule has 0 aliphatic heterocycles. The van der Waals surface area contributed by atoms with Gasteiger partial charge in [-0.3, -0.25) is 0 Å². The third kappa shape index (κ3) is 1.89. The first-order valence-electron chi connectivity index (χ1n) is 5.13. The zero-order valence-electron chi connectivity index (χ0n) is 8.74. The van der Waals surface area contributed by atoms with Crippen LogP contribution in [0.15, 0.2) is 42.5 Å². The van der Waals surface area contributed by atoms with Crippen LogP contribution >= 0.6 is 11.6 Å². The van der Waals surface area contributed by atoms with E-state index in [2.05, 4.69) is 9.97 Å². The molecule has 0 atom stereocenters. The molecule has 84 valence electrons. The highest BCUT2D eigenvalue weighted by atomic mass is 35.5. The Labute approximate surface area is 102 Å². The molecule has 0 aliphatic carbocycles. The third-order valence-electron chi connectivity index (χ3n) is 2.54. The van der Waals surface area contributed by atoms with Gasteiger partial charge < -0.3 is 4.98 Å². The van der Waals surface area contributed by atoms with Gasteiger partial charge in [0.2, 0.25) is 0 Å². The van der Waals surface area contributed by atoms with E-state index in [0.29, 0.717) is 16.4 Å². The number of benzene rings is 2. The first-order chi connectivity index (χ1) is 8.22.